The zero-order valence-corrected chi connectivity index (χ0v) is 8.51. The van der Waals surface area contributed by atoms with Crippen LogP contribution >= 0.6 is 11.6 Å². The Morgan fingerprint density at radius 1 is 1.43 bits per heavy atom. The van der Waals surface area contributed by atoms with Crippen LogP contribution in [0.4, 0.5) is 0 Å². The molecule has 0 saturated carbocycles. The first-order chi connectivity index (χ1) is 6.76. The maximum Gasteiger partial charge on any atom is 0.0991 e. The van der Waals surface area contributed by atoms with Gasteiger partial charge >= 0.3 is 0 Å². The molecule has 0 saturated heterocycles. The highest BCUT2D eigenvalue weighted by Crippen LogP contribution is 2.03. The molecule has 1 N–H and O–H groups in total. The highest BCUT2D eigenvalue weighted by molar-refractivity contribution is 6.19. The molecule has 2 nitrogen and oxygen atoms in total. The second kappa shape index (κ2) is 5.31. The molecule has 0 heterocycles. The van der Waals surface area contributed by atoms with Gasteiger partial charge in [0.1, 0.15) is 0 Å². The molecule has 14 heavy (non-hydrogen) atoms. The van der Waals surface area contributed by atoms with Crippen molar-refractivity contribution in [3.05, 3.63) is 47.7 Å². The zero-order chi connectivity index (χ0) is 10.4. The molecule has 0 aliphatic rings. The van der Waals surface area contributed by atoms with Gasteiger partial charge in [-0.3, -0.25) is 0 Å². The van der Waals surface area contributed by atoms with Gasteiger partial charge in [0, 0.05) is 12.2 Å². The Balaban J connectivity index is 2.53. The van der Waals surface area contributed by atoms with Gasteiger partial charge in [0.05, 0.1) is 17.5 Å². The summed E-state index contributed by atoms with van der Waals surface area (Å²) in [4.78, 5) is 0. The molecule has 0 unspecified atom stereocenters. The molecule has 0 aliphatic carbocycles. The third-order valence-electron chi connectivity index (χ3n) is 1.79. The number of benzene rings is 1. The molecule has 0 aromatic heterocycles. The molecule has 3 heteroatoms. The number of halogens is 1. The number of hydrogen-bond acceptors (Lipinski definition) is 2. The van der Waals surface area contributed by atoms with E-state index < -0.39 is 0 Å². The lowest BCUT2D eigenvalue weighted by Crippen LogP contribution is -2.12. The maximum absolute atomic E-state index is 8.59. The smallest absolute Gasteiger partial charge is 0.0991 e. The van der Waals surface area contributed by atoms with Gasteiger partial charge in [-0.1, -0.05) is 18.7 Å². The van der Waals surface area contributed by atoms with Crippen molar-refractivity contribution >= 4 is 11.6 Å². The van der Waals surface area contributed by atoms with Gasteiger partial charge in [-0.25, -0.2) is 0 Å². The van der Waals surface area contributed by atoms with Crippen LogP contribution in [0.3, 0.4) is 0 Å². The normalized spacial score (nSPS) is 9.14. The van der Waals surface area contributed by atoms with E-state index in [1.807, 2.05) is 12.1 Å². The van der Waals surface area contributed by atoms with E-state index in [9.17, 15) is 0 Å². The molecule has 0 amide bonds. The zero-order valence-electron chi connectivity index (χ0n) is 7.76. The van der Waals surface area contributed by atoms with Gasteiger partial charge in [-0.05, 0) is 17.7 Å². The second-order valence-corrected chi connectivity index (χ2v) is 3.17. The largest absolute Gasteiger partial charge is 0.384 e. The van der Waals surface area contributed by atoms with Crippen LogP contribution in [0.1, 0.15) is 11.1 Å². The number of allylic oxidation sites excluding steroid dienone is 1. The summed E-state index contributed by atoms with van der Waals surface area (Å²) >= 11 is 5.56. The second-order valence-electron chi connectivity index (χ2n) is 2.90. The highest BCUT2D eigenvalue weighted by atomic mass is 35.5. The molecule has 1 aromatic carbocycles. The molecule has 72 valence electrons. The van der Waals surface area contributed by atoms with E-state index in [0.717, 1.165) is 11.3 Å². The molecule has 0 radical (unpaired) electrons. The first-order valence-corrected chi connectivity index (χ1v) is 4.76. The summed E-state index contributed by atoms with van der Waals surface area (Å²) in [6.07, 6.45) is 0. The topological polar surface area (TPSA) is 35.8 Å². The van der Waals surface area contributed by atoms with Crippen LogP contribution < -0.4 is 5.32 Å². The lowest BCUT2D eigenvalue weighted by Gasteiger charge is -2.06. The molecule has 0 bridgehead atoms. The van der Waals surface area contributed by atoms with Crippen LogP contribution in [0.5, 0.6) is 0 Å². The molecular weight excluding hydrogens is 196 g/mol. The third-order valence-corrected chi connectivity index (χ3v) is 2.11. The van der Waals surface area contributed by atoms with Crippen LogP contribution in [0.25, 0.3) is 0 Å². The Labute approximate surface area is 88.8 Å². The van der Waals surface area contributed by atoms with E-state index in [1.54, 1.807) is 12.1 Å². The predicted octanol–water partition coefficient (Wildman–Crippen LogP) is 2.40. The van der Waals surface area contributed by atoms with Crippen molar-refractivity contribution in [3.63, 3.8) is 0 Å². The minimum atomic E-state index is 0.413. The molecule has 0 aliphatic heterocycles. The van der Waals surface area contributed by atoms with Crippen molar-refractivity contribution in [1.29, 1.82) is 5.26 Å². The van der Waals surface area contributed by atoms with Gasteiger partial charge in [-0.2, -0.15) is 5.26 Å². The van der Waals surface area contributed by atoms with Crippen molar-refractivity contribution in [2.75, 3.05) is 5.88 Å². The fourth-order valence-electron chi connectivity index (χ4n) is 0.971. The van der Waals surface area contributed by atoms with Gasteiger partial charge < -0.3 is 5.32 Å². The summed E-state index contributed by atoms with van der Waals surface area (Å²) in [5.74, 6) is 0.413. The molecule has 0 spiro atoms. The number of alkyl halides is 1. The summed E-state index contributed by atoms with van der Waals surface area (Å²) in [5, 5.41) is 11.7. The van der Waals surface area contributed by atoms with Gasteiger partial charge in [-0.15, -0.1) is 11.6 Å². The van der Waals surface area contributed by atoms with E-state index in [-0.39, 0.29) is 0 Å². The Bertz CT molecular complexity index is 349. The van der Waals surface area contributed by atoms with E-state index in [2.05, 4.69) is 18.0 Å². The Morgan fingerprint density at radius 2 is 2.07 bits per heavy atom. The monoisotopic (exact) mass is 206 g/mol. The predicted molar refractivity (Wildman–Crippen MR) is 57.9 cm³/mol. The summed E-state index contributed by atoms with van der Waals surface area (Å²) < 4.78 is 0. The number of nitrogens with one attached hydrogen (secondary N) is 1. The molecule has 0 fully saturated rings. The van der Waals surface area contributed by atoms with E-state index >= 15 is 0 Å². The Kier molecular flexibility index (Phi) is 4.03. The van der Waals surface area contributed by atoms with Crippen molar-refractivity contribution in [3.8, 4) is 6.07 Å². The summed E-state index contributed by atoms with van der Waals surface area (Å²) in [6, 6.07) is 9.47. The minimum absolute atomic E-state index is 0.413. The average molecular weight is 207 g/mol. The molecule has 1 aromatic rings. The molecular formula is C11H11ClN2. The fraction of sp³-hybridized carbons (Fsp3) is 0.182. The lowest BCUT2D eigenvalue weighted by atomic mass is 10.1. The van der Waals surface area contributed by atoms with Gasteiger partial charge in [0.15, 0.2) is 0 Å². The Hall–Kier alpha value is -1.46. The van der Waals surface area contributed by atoms with Crippen LogP contribution in [-0.2, 0) is 6.54 Å². The van der Waals surface area contributed by atoms with Crippen molar-refractivity contribution in [1.82, 2.24) is 5.32 Å². The summed E-state index contributed by atoms with van der Waals surface area (Å²) in [7, 11) is 0. The van der Waals surface area contributed by atoms with Crippen LogP contribution in [0.2, 0.25) is 0 Å². The number of nitriles is 1. The fourth-order valence-corrected chi connectivity index (χ4v) is 1.07. The van der Waals surface area contributed by atoms with E-state index in [1.165, 1.54) is 0 Å². The van der Waals surface area contributed by atoms with Crippen molar-refractivity contribution in [2.24, 2.45) is 0 Å². The first kappa shape index (κ1) is 10.6. The highest BCUT2D eigenvalue weighted by Gasteiger charge is 1.94. The first-order valence-electron chi connectivity index (χ1n) is 4.23. The van der Waals surface area contributed by atoms with Crippen molar-refractivity contribution in [2.45, 2.75) is 6.54 Å². The number of hydrogen-bond donors (Lipinski definition) is 1. The summed E-state index contributed by atoms with van der Waals surface area (Å²) in [6.45, 7) is 4.42. The van der Waals surface area contributed by atoms with Crippen LogP contribution in [0, 0.1) is 11.3 Å². The van der Waals surface area contributed by atoms with Crippen LogP contribution in [-0.4, -0.2) is 5.88 Å². The SMILES string of the molecule is C=C(CCl)NCc1ccc(C#N)cc1. The van der Waals surface area contributed by atoms with E-state index in [4.69, 9.17) is 16.9 Å². The third kappa shape index (κ3) is 3.12. The quantitative estimate of drug-likeness (QED) is 0.768. The van der Waals surface area contributed by atoms with Crippen LogP contribution in [0.15, 0.2) is 36.5 Å². The van der Waals surface area contributed by atoms with Gasteiger partial charge in [0.25, 0.3) is 0 Å². The summed E-state index contributed by atoms with van der Waals surface area (Å²) in [5.41, 5.74) is 2.58. The molecule has 1 rings (SSSR count). The van der Waals surface area contributed by atoms with Crippen molar-refractivity contribution < 1.29 is 0 Å². The Morgan fingerprint density at radius 3 is 2.57 bits per heavy atom. The standard InChI is InChI=1S/C11H11ClN2/c1-9(6-12)14-8-11-4-2-10(7-13)3-5-11/h2-5,14H,1,6,8H2. The maximum atomic E-state index is 8.59. The number of rotatable bonds is 4. The lowest BCUT2D eigenvalue weighted by molar-refractivity contribution is 0.818. The molecule has 0 atom stereocenters. The number of nitrogens with zero attached hydrogens (tertiary/aromatic N) is 1. The van der Waals surface area contributed by atoms with E-state index in [0.29, 0.717) is 18.0 Å². The minimum Gasteiger partial charge on any atom is -0.384 e. The average Bonchev–Trinajstić information content (AvgIpc) is 2.26. The van der Waals surface area contributed by atoms with Gasteiger partial charge in [0.2, 0.25) is 0 Å².